The zero-order chi connectivity index (χ0) is 35.2. The molecule has 19 atom stereocenters. The summed E-state index contributed by atoms with van der Waals surface area (Å²) in [6.07, 6.45) is 7.89. The van der Waals surface area contributed by atoms with E-state index in [1.54, 1.807) is 0 Å². The molecule has 0 amide bonds. The Balaban J connectivity index is 0.986. The van der Waals surface area contributed by atoms with Crippen LogP contribution < -0.4 is 0 Å². The zero-order valence-corrected chi connectivity index (χ0v) is 30.8. The van der Waals surface area contributed by atoms with E-state index in [1.807, 2.05) is 6.92 Å². The predicted octanol–water partition coefficient (Wildman–Crippen LogP) is 5.51. The van der Waals surface area contributed by atoms with Crippen molar-refractivity contribution in [3.8, 4) is 0 Å². The van der Waals surface area contributed by atoms with Crippen LogP contribution >= 0.6 is 0 Å². The van der Waals surface area contributed by atoms with Gasteiger partial charge in [0, 0.05) is 32.1 Å². The van der Waals surface area contributed by atoms with Crippen LogP contribution in [0.1, 0.15) is 111 Å². The lowest BCUT2D eigenvalue weighted by Gasteiger charge is -2.47. The molecule has 10 rings (SSSR count). The summed E-state index contributed by atoms with van der Waals surface area (Å²) in [5.41, 5.74) is 2.28. The summed E-state index contributed by atoms with van der Waals surface area (Å²) < 4.78 is 54.1. The van der Waals surface area contributed by atoms with Gasteiger partial charge in [0.25, 0.3) is 0 Å². The Morgan fingerprint density at radius 3 is 2.33 bits per heavy atom. The maximum atomic E-state index is 14.0. The maximum Gasteiger partial charge on any atom is 0.172 e. The first kappa shape index (κ1) is 35.5. The molecular weight excluding hydrogens is 652 g/mol. The molecule has 0 radical (unpaired) electrons. The third-order valence-corrected chi connectivity index (χ3v) is 14.4. The van der Waals surface area contributed by atoms with Crippen LogP contribution in [0.2, 0.25) is 0 Å². The van der Waals surface area contributed by atoms with Gasteiger partial charge in [-0.05, 0) is 86.7 Å². The molecule has 284 valence electrons. The highest BCUT2D eigenvalue weighted by atomic mass is 16.8. The smallest absolute Gasteiger partial charge is 0.172 e. The summed E-state index contributed by atoms with van der Waals surface area (Å²) >= 11 is 0. The summed E-state index contributed by atoms with van der Waals surface area (Å²) in [4.78, 5) is 14.0. The van der Waals surface area contributed by atoms with Crippen LogP contribution in [0.5, 0.6) is 0 Å². The van der Waals surface area contributed by atoms with E-state index >= 15 is 0 Å². The monoisotopic (exact) mass is 712 g/mol. The molecular formula is C41H60O10. The standard InChI is InChI=1S/C41H60O10/c1-6-24(42)17-32-23(5)29-16-25(43)15-27-8-10-31-36(46-27)40-39-38(48-31)37-35(49-39)19-41(50-37,51-40)12-11-28-14-21(3)30(44-28)9-7-26-13-20(2)22(4)33(45-26)18-34(29)47-32/h20,23-24,26-40,42H,3-4,6-19H2,1-2,5H3/t20-,23-,24-,26+,27?,28+,29-,30?,31+,32-,33-,34?,35-,36+,37+,38+,39-,40+,41?/m1/s1. The van der Waals surface area contributed by atoms with Gasteiger partial charge in [-0.15, -0.1) is 0 Å². The van der Waals surface area contributed by atoms with Crippen LogP contribution in [0.15, 0.2) is 24.3 Å². The van der Waals surface area contributed by atoms with E-state index in [-0.39, 0.29) is 103 Å². The summed E-state index contributed by atoms with van der Waals surface area (Å²) in [7, 11) is 0. The summed E-state index contributed by atoms with van der Waals surface area (Å²) in [6.45, 7) is 15.4. The summed E-state index contributed by atoms with van der Waals surface area (Å²) in [5.74, 6) is -0.0766. The molecule has 10 aliphatic rings. The van der Waals surface area contributed by atoms with Crippen LogP contribution in [-0.2, 0) is 42.7 Å². The number of hydrogen-bond acceptors (Lipinski definition) is 10. The summed E-state index contributed by atoms with van der Waals surface area (Å²) in [5, 5.41) is 10.6. The minimum Gasteiger partial charge on any atom is -0.393 e. The van der Waals surface area contributed by atoms with Crippen molar-refractivity contribution in [2.24, 2.45) is 17.8 Å². The molecule has 4 unspecified atom stereocenters. The molecule has 0 saturated carbocycles. The van der Waals surface area contributed by atoms with E-state index in [2.05, 4.69) is 27.0 Å². The van der Waals surface area contributed by atoms with Gasteiger partial charge in [0.15, 0.2) is 5.79 Å². The molecule has 0 aliphatic carbocycles. The van der Waals surface area contributed by atoms with Gasteiger partial charge in [0.1, 0.15) is 36.3 Å². The molecule has 1 spiro atoms. The third-order valence-electron chi connectivity index (χ3n) is 14.4. The van der Waals surface area contributed by atoms with E-state index < -0.39 is 11.9 Å². The van der Waals surface area contributed by atoms with Gasteiger partial charge in [-0.3, -0.25) is 4.79 Å². The fourth-order valence-electron chi connectivity index (χ4n) is 11.3. The second-order valence-electron chi connectivity index (χ2n) is 17.8. The van der Waals surface area contributed by atoms with Crippen molar-refractivity contribution in [3.05, 3.63) is 24.3 Å². The van der Waals surface area contributed by atoms with Crippen LogP contribution in [0.25, 0.3) is 0 Å². The van der Waals surface area contributed by atoms with E-state index in [1.165, 1.54) is 0 Å². The largest absolute Gasteiger partial charge is 0.393 e. The third kappa shape index (κ3) is 6.54. The molecule has 10 nitrogen and oxygen atoms in total. The lowest BCUT2D eigenvalue weighted by Crippen LogP contribution is -2.61. The van der Waals surface area contributed by atoms with E-state index in [0.717, 1.165) is 62.5 Å². The number of rotatable bonds is 3. The Bertz CT molecular complexity index is 1350. The molecule has 10 aliphatic heterocycles. The topological polar surface area (TPSA) is 111 Å². The Hall–Kier alpha value is -1.21. The fraction of sp³-hybridized carbons (Fsp3) is 0.878. The maximum absolute atomic E-state index is 14.0. The second-order valence-corrected chi connectivity index (χ2v) is 17.8. The number of carbonyl (C=O) groups excluding carboxylic acids is 1. The first-order valence-corrected chi connectivity index (χ1v) is 20.4. The number of carbonyl (C=O) groups is 1. The molecule has 51 heavy (non-hydrogen) atoms. The highest BCUT2D eigenvalue weighted by Gasteiger charge is 2.68. The van der Waals surface area contributed by atoms with Crippen molar-refractivity contribution in [2.45, 2.75) is 208 Å². The van der Waals surface area contributed by atoms with E-state index in [0.29, 0.717) is 44.4 Å². The lowest BCUT2D eigenvalue weighted by atomic mass is 9.78. The predicted molar refractivity (Wildman–Crippen MR) is 186 cm³/mol. The number of ether oxygens (including phenoxy) is 8. The molecule has 0 aromatic heterocycles. The number of hydrogen-bond donors (Lipinski definition) is 1. The molecule has 10 saturated heterocycles. The highest BCUT2D eigenvalue weighted by molar-refractivity contribution is 5.79. The van der Waals surface area contributed by atoms with Gasteiger partial charge in [0.2, 0.25) is 0 Å². The van der Waals surface area contributed by atoms with Crippen molar-refractivity contribution < 1.29 is 47.8 Å². The SMILES string of the molecule is C=C1C[C@@H]2CCC34C[C@H]5O[C@H]6[C@@H](O3)[C@H]3OC(CC[C@@H]3O[C@H]6[C@H]5O4)CC(=O)C[C@H]3C(C[C@H]4O[C@@H](CCC1O2)C[C@@H](C)C4=C)O[C@H](C[C@H](O)CC)[C@@H]3C. The van der Waals surface area contributed by atoms with Gasteiger partial charge >= 0.3 is 0 Å². The minimum atomic E-state index is -0.757. The number of aliphatic hydroxyl groups is 1. The second kappa shape index (κ2) is 13.8. The van der Waals surface area contributed by atoms with E-state index in [9.17, 15) is 9.90 Å². The van der Waals surface area contributed by atoms with Gasteiger partial charge in [0.05, 0.1) is 61.0 Å². The van der Waals surface area contributed by atoms with Crippen LogP contribution in [0.4, 0.5) is 0 Å². The number of fused-ring (bicyclic) bond motifs is 6. The number of Topliss-reactive ketones (excluding diaryl/α,β-unsaturated/α-hetero) is 1. The fourth-order valence-corrected chi connectivity index (χ4v) is 11.3. The molecule has 1 N–H and O–H groups in total. The first-order valence-electron chi connectivity index (χ1n) is 20.4. The molecule has 10 heteroatoms. The van der Waals surface area contributed by atoms with Crippen molar-refractivity contribution in [1.82, 2.24) is 0 Å². The van der Waals surface area contributed by atoms with Gasteiger partial charge in [-0.25, -0.2) is 0 Å². The average Bonchev–Trinajstić information content (AvgIpc) is 3.77. The van der Waals surface area contributed by atoms with E-state index in [4.69, 9.17) is 37.9 Å². The molecule has 10 fully saturated rings. The number of ketones is 1. The normalized spacial score (nSPS) is 53.2. The summed E-state index contributed by atoms with van der Waals surface area (Å²) in [6, 6.07) is 0. The van der Waals surface area contributed by atoms with Crippen molar-refractivity contribution in [1.29, 1.82) is 0 Å². The van der Waals surface area contributed by atoms with Gasteiger partial charge < -0.3 is 43.0 Å². The quantitative estimate of drug-likeness (QED) is 0.376. The molecule has 10 heterocycles. The lowest BCUT2D eigenvalue weighted by molar-refractivity contribution is -0.292. The highest BCUT2D eigenvalue weighted by Crippen LogP contribution is 2.54. The zero-order valence-electron chi connectivity index (χ0n) is 30.8. The van der Waals surface area contributed by atoms with Gasteiger partial charge in [-0.2, -0.15) is 0 Å². The molecule has 0 aromatic carbocycles. The van der Waals surface area contributed by atoms with Crippen molar-refractivity contribution in [3.63, 3.8) is 0 Å². The Kier molecular flexibility index (Phi) is 9.62. The number of aliphatic hydroxyl groups excluding tert-OH is 1. The Morgan fingerprint density at radius 1 is 0.745 bits per heavy atom. The van der Waals surface area contributed by atoms with Crippen LogP contribution in [-0.4, -0.2) is 108 Å². The minimum absolute atomic E-state index is 0.0115. The van der Waals surface area contributed by atoms with Crippen LogP contribution in [0, 0.1) is 17.8 Å². The Morgan fingerprint density at radius 2 is 1.49 bits per heavy atom. The van der Waals surface area contributed by atoms with Crippen LogP contribution in [0.3, 0.4) is 0 Å². The van der Waals surface area contributed by atoms with Crippen molar-refractivity contribution >= 4 is 5.78 Å². The Labute approximate surface area is 303 Å². The van der Waals surface area contributed by atoms with Crippen molar-refractivity contribution in [2.75, 3.05) is 0 Å². The molecule has 0 aromatic rings. The van der Waals surface area contributed by atoms with Gasteiger partial charge in [-0.1, -0.05) is 33.9 Å². The molecule has 12 bridgehead atoms. The average molecular weight is 713 g/mol. The first-order chi connectivity index (χ1) is 24.6.